The second-order valence-electron chi connectivity index (χ2n) is 12.2. The summed E-state index contributed by atoms with van der Waals surface area (Å²) in [7, 11) is 0. The van der Waals surface area contributed by atoms with Crippen molar-refractivity contribution in [2.75, 3.05) is 0 Å². The first kappa shape index (κ1) is 29.4. The molecule has 0 amide bonds. The maximum atomic E-state index is 15.3. The van der Waals surface area contributed by atoms with Crippen LogP contribution in [-0.4, -0.2) is 0 Å². The van der Waals surface area contributed by atoms with Crippen molar-refractivity contribution >= 4 is 5.57 Å². The highest BCUT2D eigenvalue weighted by atomic mass is 19.2. The second kappa shape index (κ2) is 13.7. The SMILES string of the molecule is C=CCc1ccc(-c2ccc(-c3ccc(C4=CCC(C5CCC(CCCCC)CC5)CC4)cc3F)cc2)c(F)c1F. The molecular weight excluding hydrogens is 513 g/mol. The minimum atomic E-state index is -0.870. The van der Waals surface area contributed by atoms with Crippen LogP contribution >= 0.6 is 0 Å². The minimum absolute atomic E-state index is 0.195. The van der Waals surface area contributed by atoms with Crippen molar-refractivity contribution in [3.05, 3.63) is 102 Å². The highest BCUT2D eigenvalue weighted by molar-refractivity contribution is 5.74. The van der Waals surface area contributed by atoms with Crippen molar-refractivity contribution in [1.82, 2.24) is 0 Å². The first-order valence-electron chi connectivity index (χ1n) is 15.7. The highest BCUT2D eigenvalue weighted by Crippen LogP contribution is 2.42. The van der Waals surface area contributed by atoms with Crippen molar-refractivity contribution in [2.24, 2.45) is 17.8 Å². The zero-order valence-electron chi connectivity index (χ0n) is 24.4. The molecule has 0 heterocycles. The molecule has 0 aromatic heterocycles. The lowest BCUT2D eigenvalue weighted by atomic mass is 9.70. The van der Waals surface area contributed by atoms with Crippen LogP contribution in [0.3, 0.4) is 0 Å². The number of hydrogen-bond acceptors (Lipinski definition) is 0. The van der Waals surface area contributed by atoms with E-state index in [1.54, 1.807) is 48.5 Å². The number of allylic oxidation sites excluding steroid dienone is 3. The first-order chi connectivity index (χ1) is 20.0. The van der Waals surface area contributed by atoms with Gasteiger partial charge >= 0.3 is 0 Å². The van der Waals surface area contributed by atoms with E-state index in [2.05, 4.69) is 19.6 Å². The van der Waals surface area contributed by atoms with Gasteiger partial charge in [-0.15, -0.1) is 6.58 Å². The first-order valence-corrected chi connectivity index (χ1v) is 15.7. The van der Waals surface area contributed by atoms with Crippen LogP contribution in [0.5, 0.6) is 0 Å². The van der Waals surface area contributed by atoms with Gasteiger partial charge in [0.15, 0.2) is 11.6 Å². The Morgan fingerprint density at radius 3 is 2.07 bits per heavy atom. The van der Waals surface area contributed by atoms with E-state index < -0.39 is 11.6 Å². The van der Waals surface area contributed by atoms with Gasteiger partial charge in [0.1, 0.15) is 5.82 Å². The quantitative estimate of drug-likeness (QED) is 0.172. The molecule has 0 bridgehead atoms. The van der Waals surface area contributed by atoms with Gasteiger partial charge in [-0.25, -0.2) is 13.2 Å². The van der Waals surface area contributed by atoms with Crippen LogP contribution in [-0.2, 0) is 6.42 Å². The Hall–Kier alpha value is -3.07. The summed E-state index contributed by atoms with van der Waals surface area (Å²) in [6.45, 7) is 5.88. The fourth-order valence-electron chi connectivity index (χ4n) is 7.08. The highest BCUT2D eigenvalue weighted by Gasteiger charge is 2.28. The summed E-state index contributed by atoms with van der Waals surface area (Å²) in [6.07, 6.45) is 18.6. The predicted molar refractivity (Wildman–Crippen MR) is 166 cm³/mol. The van der Waals surface area contributed by atoms with Crippen LogP contribution in [0.2, 0.25) is 0 Å². The fourth-order valence-corrected chi connectivity index (χ4v) is 7.08. The molecule has 0 saturated heterocycles. The molecule has 0 N–H and O–H groups in total. The average molecular weight is 557 g/mol. The largest absolute Gasteiger partial charge is 0.206 e. The third-order valence-corrected chi connectivity index (χ3v) is 9.60. The molecule has 1 fully saturated rings. The number of unbranched alkanes of at least 4 members (excludes halogenated alkanes) is 2. The van der Waals surface area contributed by atoms with E-state index in [1.165, 1.54) is 63.4 Å². The minimum Gasteiger partial charge on any atom is -0.206 e. The Kier molecular flexibility index (Phi) is 9.85. The molecule has 3 aromatic carbocycles. The van der Waals surface area contributed by atoms with Gasteiger partial charge in [-0.2, -0.15) is 0 Å². The summed E-state index contributed by atoms with van der Waals surface area (Å²) < 4.78 is 44.4. The molecule has 0 aliphatic heterocycles. The predicted octanol–water partition coefficient (Wildman–Crippen LogP) is 11.7. The molecule has 0 radical (unpaired) electrons. The maximum absolute atomic E-state index is 15.3. The van der Waals surface area contributed by atoms with Gasteiger partial charge in [0, 0.05) is 11.1 Å². The van der Waals surface area contributed by atoms with Crippen LogP contribution in [0.15, 0.2) is 73.3 Å². The molecule has 1 unspecified atom stereocenters. The summed E-state index contributed by atoms with van der Waals surface area (Å²) in [5.74, 6) is 0.600. The van der Waals surface area contributed by atoms with Crippen molar-refractivity contribution < 1.29 is 13.2 Å². The van der Waals surface area contributed by atoms with Gasteiger partial charge in [0.05, 0.1) is 0 Å². The van der Waals surface area contributed by atoms with Gasteiger partial charge < -0.3 is 0 Å². The average Bonchev–Trinajstić information content (AvgIpc) is 3.00. The fraction of sp³-hybridized carbons (Fsp3) is 0.421. The molecule has 2 aliphatic rings. The van der Waals surface area contributed by atoms with Crippen molar-refractivity contribution in [3.8, 4) is 22.3 Å². The van der Waals surface area contributed by atoms with Crippen LogP contribution in [0.1, 0.15) is 88.7 Å². The third kappa shape index (κ3) is 6.88. The van der Waals surface area contributed by atoms with E-state index in [1.807, 2.05) is 12.1 Å². The normalized spacial score (nSPS) is 21.0. The topological polar surface area (TPSA) is 0 Å². The Labute approximate surface area is 244 Å². The molecule has 3 aromatic rings. The van der Waals surface area contributed by atoms with Crippen LogP contribution in [0.4, 0.5) is 13.2 Å². The zero-order valence-corrected chi connectivity index (χ0v) is 24.4. The summed E-state index contributed by atoms with van der Waals surface area (Å²) in [4.78, 5) is 0. The molecule has 1 atom stereocenters. The smallest absolute Gasteiger partial charge is 0.166 e. The van der Waals surface area contributed by atoms with Gasteiger partial charge in [-0.3, -0.25) is 0 Å². The molecule has 0 spiro atoms. The lowest BCUT2D eigenvalue weighted by Gasteiger charge is -2.35. The summed E-state index contributed by atoms with van der Waals surface area (Å²) in [6, 6.07) is 15.7. The van der Waals surface area contributed by atoms with Crippen LogP contribution < -0.4 is 0 Å². The lowest BCUT2D eigenvalue weighted by Crippen LogP contribution is -2.23. The van der Waals surface area contributed by atoms with Gasteiger partial charge in [0.25, 0.3) is 0 Å². The summed E-state index contributed by atoms with van der Waals surface area (Å²) >= 11 is 0. The van der Waals surface area contributed by atoms with E-state index >= 15 is 4.39 Å². The van der Waals surface area contributed by atoms with E-state index in [9.17, 15) is 8.78 Å². The Morgan fingerprint density at radius 2 is 1.44 bits per heavy atom. The van der Waals surface area contributed by atoms with Gasteiger partial charge in [-0.1, -0.05) is 106 Å². The maximum Gasteiger partial charge on any atom is 0.166 e. The van der Waals surface area contributed by atoms with Crippen LogP contribution in [0.25, 0.3) is 27.8 Å². The molecule has 5 rings (SSSR count). The van der Waals surface area contributed by atoms with Gasteiger partial charge in [-0.05, 0) is 90.2 Å². The van der Waals surface area contributed by atoms with Crippen molar-refractivity contribution in [3.63, 3.8) is 0 Å². The van der Waals surface area contributed by atoms with Crippen LogP contribution in [0, 0.1) is 35.2 Å². The molecule has 2 aliphatic carbocycles. The Balaban J connectivity index is 1.21. The van der Waals surface area contributed by atoms with E-state index in [-0.39, 0.29) is 23.4 Å². The van der Waals surface area contributed by atoms with E-state index in [4.69, 9.17) is 0 Å². The number of benzene rings is 3. The number of rotatable bonds is 10. The standard InChI is InChI=1S/C38H43F3/c1-3-5-6-8-26-9-11-27(12-10-26)28-13-15-29(16-14-28)33-22-23-34(36(39)25-33)30-17-19-31(20-18-30)35-24-21-32(7-4-2)37(40)38(35)41/h4,15,17-28H,2-3,5-14,16H2,1H3. The summed E-state index contributed by atoms with van der Waals surface area (Å²) in [5, 5.41) is 0. The molecule has 216 valence electrons. The number of hydrogen-bond donors (Lipinski definition) is 0. The van der Waals surface area contributed by atoms with Crippen molar-refractivity contribution in [1.29, 1.82) is 0 Å². The summed E-state index contributed by atoms with van der Waals surface area (Å²) in [5.41, 5.74) is 4.48. The second-order valence-corrected chi connectivity index (χ2v) is 12.2. The molecule has 1 saturated carbocycles. The molecule has 41 heavy (non-hydrogen) atoms. The Morgan fingerprint density at radius 1 is 0.756 bits per heavy atom. The zero-order chi connectivity index (χ0) is 28.8. The molecular formula is C38H43F3. The number of halogens is 3. The van der Waals surface area contributed by atoms with E-state index in [0.29, 0.717) is 16.7 Å². The third-order valence-electron chi connectivity index (χ3n) is 9.60. The van der Waals surface area contributed by atoms with E-state index in [0.717, 1.165) is 36.2 Å². The van der Waals surface area contributed by atoms with Gasteiger partial charge in [0.2, 0.25) is 0 Å². The molecule has 0 nitrogen and oxygen atoms in total. The Bertz CT molecular complexity index is 1360. The van der Waals surface area contributed by atoms with Crippen molar-refractivity contribution in [2.45, 2.75) is 84.0 Å². The molecule has 3 heteroatoms. The monoisotopic (exact) mass is 556 g/mol. The lowest BCUT2D eigenvalue weighted by molar-refractivity contribution is 0.187.